The second-order valence-electron chi connectivity index (χ2n) is 9.03. The van der Waals surface area contributed by atoms with E-state index in [0.717, 1.165) is 16.5 Å². The molecule has 0 fully saturated rings. The number of para-hydroxylation sites is 1. The number of hydrogen-bond acceptors (Lipinski definition) is 6. The number of nitrogens with two attached hydrogens (primary N) is 1. The number of carboxylic acid groups (broad SMARTS) is 2. The summed E-state index contributed by atoms with van der Waals surface area (Å²) >= 11 is 0. The number of hydrogen-bond donors (Lipinski definition) is 7. The van der Waals surface area contributed by atoms with Crippen molar-refractivity contribution in [3.63, 3.8) is 0 Å². The van der Waals surface area contributed by atoms with Crippen molar-refractivity contribution in [3.05, 3.63) is 71.9 Å². The fourth-order valence-electron chi connectivity index (χ4n) is 4.01. The van der Waals surface area contributed by atoms with Gasteiger partial charge in [-0.05, 0) is 23.6 Å². The van der Waals surface area contributed by atoms with E-state index in [1.54, 1.807) is 36.5 Å². The van der Waals surface area contributed by atoms with Gasteiger partial charge in [0.25, 0.3) is 0 Å². The number of fused-ring (bicyclic) bond motifs is 1. The van der Waals surface area contributed by atoms with Crippen LogP contribution in [-0.2, 0) is 36.8 Å². The van der Waals surface area contributed by atoms with Gasteiger partial charge in [0.2, 0.25) is 17.7 Å². The molecule has 8 N–H and O–H groups in total. The Morgan fingerprint density at radius 2 is 1.54 bits per heavy atom. The molecule has 1 aromatic heterocycles. The number of aliphatic carboxylic acids is 2. The van der Waals surface area contributed by atoms with Crippen LogP contribution in [0.3, 0.4) is 0 Å². The van der Waals surface area contributed by atoms with Gasteiger partial charge in [0.05, 0.1) is 12.6 Å². The molecular weight excluding hydrogens is 506 g/mol. The zero-order valence-electron chi connectivity index (χ0n) is 21.1. The standard InChI is InChI=1S/C27H31N5O7/c28-19(10-11-24(34)35)25(36)30-15-23(33)31-21(13-17-14-29-20-9-5-4-8-18(17)20)26(37)32-22(27(38)39)12-16-6-2-1-3-7-16/h1-9,14,19,21-22,29H,10-13,15,28H2,(H,30,36)(H,31,33)(H,32,37)(H,34,35)(H,38,39). The van der Waals surface area contributed by atoms with E-state index >= 15 is 0 Å². The number of H-pyrrole nitrogens is 1. The molecule has 3 unspecified atom stereocenters. The second-order valence-corrected chi connectivity index (χ2v) is 9.03. The van der Waals surface area contributed by atoms with Gasteiger partial charge in [-0.2, -0.15) is 0 Å². The lowest BCUT2D eigenvalue weighted by atomic mass is 10.0. The van der Waals surface area contributed by atoms with Crippen molar-refractivity contribution in [2.45, 2.75) is 43.8 Å². The topological polar surface area (TPSA) is 204 Å². The van der Waals surface area contributed by atoms with E-state index in [0.29, 0.717) is 5.56 Å². The lowest BCUT2D eigenvalue weighted by molar-refractivity contribution is -0.142. The van der Waals surface area contributed by atoms with Crippen LogP contribution in [-0.4, -0.2) is 69.5 Å². The van der Waals surface area contributed by atoms with Crippen molar-refractivity contribution < 1.29 is 34.2 Å². The van der Waals surface area contributed by atoms with Crippen LogP contribution in [0.25, 0.3) is 10.9 Å². The van der Waals surface area contributed by atoms with Crippen molar-refractivity contribution in [1.82, 2.24) is 20.9 Å². The highest BCUT2D eigenvalue weighted by atomic mass is 16.4. The second kappa shape index (κ2) is 13.7. The fraction of sp³-hybridized carbons (Fsp3) is 0.296. The zero-order chi connectivity index (χ0) is 28.4. The number of rotatable bonds is 14. The highest BCUT2D eigenvalue weighted by Gasteiger charge is 2.28. The summed E-state index contributed by atoms with van der Waals surface area (Å²) in [5.74, 6) is -4.45. The van der Waals surface area contributed by atoms with Crippen LogP contribution < -0.4 is 21.7 Å². The average molecular weight is 538 g/mol. The first-order valence-corrected chi connectivity index (χ1v) is 12.3. The molecule has 0 bridgehead atoms. The molecule has 12 heteroatoms. The van der Waals surface area contributed by atoms with E-state index in [1.165, 1.54) is 0 Å². The van der Waals surface area contributed by atoms with Gasteiger partial charge in [-0.25, -0.2) is 4.79 Å². The molecule has 3 aromatic rings. The number of carbonyl (C=O) groups excluding carboxylic acids is 3. The molecule has 206 valence electrons. The maximum absolute atomic E-state index is 13.3. The fourth-order valence-corrected chi connectivity index (χ4v) is 4.01. The maximum atomic E-state index is 13.3. The van der Waals surface area contributed by atoms with E-state index in [1.807, 2.05) is 24.3 Å². The largest absolute Gasteiger partial charge is 0.481 e. The molecular formula is C27H31N5O7. The Labute approximate surface area is 224 Å². The van der Waals surface area contributed by atoms with Gasteiger partial charge in [-0.3, -0.25) is 19.2 Å². The predicted molar refractivity (Wildman–Crippen MR) is 142 cm³/mol. The van der Waals surface area contributed by atoms with E-state index in [9.17, 15) is 29.1 Å². The Morgan fingerprint density at radius 3 is 2.23 bits per heavy atom. The molecule has 1 heterocycles. The van der Waals surface area contributed by atoms with Gasteiger partial charge in [0, 0.05) is 36.4 Å². The quantitative estimate of drug-likeness (QED) is 0.152. The van der Waals surface area contributed by atoms with Gasteiger partial charge in [0.15, 0.2) is 0 Å². The first-order valence-electron chi connectivity index (χ1n) is 12.3. The number of nitrogens with one attached hydrogen (secondary N) is 4. The Kier molecular flexibility index (Phi) is 10.2. The lowest BCUT2D eigenvalue weighted by Crippen LogP contribution is -2.54. The molecule has 3 amide bonds. The number of aromatic amines is 1. The van der Waals surface area contributed by atoms with E-state index in [4.69, 9.17) is 10.8 Å². The molecule has 2 aromatic carbocycles. The third-order valence-electron chi connectivity index (χ3n) is 6.08. The van der Waals surface area contributed by atoms with E-state index in [2.05, 4.69) is 20.9 Å². The summed E-state index contributed by atoms with van der Waals surface area (Å²) in [4.78, 5) is 63.8. The molecule has 39 heavy (non-hydrogen) atoms. The van der Waals surface area contributed by atoms with Crippen molar-refractivity contribution in [2.75, 3.05) is 6.54 Å². The van der Waals surface area contributed by atoms with Crippen LogP contribution in [0.1, 0.15) is 24.0 Å². The van der Waals surface area contributed by atoms with Crippen LogP contribution in [0, 0.1) is 0 Å². The Bertz CT molecular complexity index is 1320. The van der Waals surface area contributed by atoms with Crippen LogP contribution in [0.2, 0.25) is 0 Å². The summed E-state index contributed by atoms with van der Waals surface area (Å²) in [6, 6.07) is 12.7. The summed E-state index contributed by atoms with van der Waals surface area (Å²) in [6.07, 6.45) is 1.39. The highest BCUT2D eigenvalue weighted by molar-refractivity contribution is 5.93. The van der Waals surface area contributed by atoms with E-state index < -0.39 is 54.3 Å². The number of aromatic nitrogens is 1. The molecule has 0 spiro atoms. The van der Waals surface area contributed by atoms with E-state index in [-0.39, 0.29) is 25.7 Å². The number of benzene rings is 2. The first-order chi connectivity index (χ1) is 18.6. The number of carboxylic acids is 2. The number of carbonyl (C=O) groups is 5. The van der Waals surface area contributed by atoms with Gasteiger partial charge in [-0.15, -0.1) is 0 Å². The average Bonchev–Trinajstić information content (AvgIpc) is 3.32. The third-order valence-corrected chi connectivity index (χ3v) is 6.08. The molecule has 3 atom stereocenters. The summed E-state index contributed by atoms with van der Waals surface area (Å²) in [7, 11) is 0. The molecule has 12 nitrogen and oxygen atoms in total. The molecule has 3 rings (SSSR count). The minimum atomic E-state index is -1.24. The van der Waals surface area contributed by atoms with Gasteiger partial charge >= 0.3 is 11.9 Å². The minimum Gasteiger partial charge on any atom is -0.481 e. The Morgan fingerprint density at radius 1 is 0.846 bits per heavy atom. The molecule has 0 aliphatic carbocycles. The van der Waals surface area contributed by atoms with Crippen molar-refractivity contribution in [3.8, 4) is 0 Å². The van der Waals surface area contributed by atoms with Crippen LogP contribution in [0.15, 0.2) is 60.8 Å². The van der Waals surface area contributed by atoms with Crippen molar-refractivity contribution in [1.29, 1.82) is 0 Å². The summed E-state index contributed by atoms with van der Waals surface area (Å²) < 4.78 is 0. The molecule has 0 radical (unpaired) electrons. The van der Waals surface area contributed by atoms with Crippen molar-refractivity contribution >= 4 is 40.6 Å². The normalized spacial score (nSPS) is 13.2. The highest BCUT2D eigenvalue weighted by Crippen LogP contribution is 2.19. The van der Waals surface area contributed by atoms with Crippen LogP contribution >= 0.6 is 0 Å². The van der Waals surface area contributed by atoms with Gasteiger partial charge in [0.1, 0.15) is 12.1 Å². The smallest absolute Gasteiger partial charge is 0.326 e. The van der Waals surface area contributed by atoms with Crippen LogP contribution in [0.5, 0.6) is 0 Å². The summed E-state index contributed by atoms with van der Waals surface area (Å²) in [6.45, 7) is -0.510. The van der Waals surface area contributed by atoms with Crippen LogP contribution in [0.4, 0.5) is 0 Å². The SMILES string of the molecule is NC(CCC(=O)O)C(=O)NCC(=O)NC(Cc1c[nH]c2ccccc12)C(=O)NC(Cc1ccccc1)C(=O)O. The zero-order valence-corrected chi connectivity index (χ0v) is 21.1. The molecule has 0 aliphatic heterocycles. The Balaban J connectivity index is 1.71. The summed E-state index contributed by atoms with van der Waals surface area (Å²) in [5, 5.41) is 26.7. The monoisotopic (exact) mass is 537 g/mol. The predicted octanol–water partition coefficient (Wildman–Crippen LogP) is 0.316. The van der Waals surface area contributed by atoms with Gasteiger partial charge < -0.3 is 36.9 Å². The third kappa shape index (κ3) is 8.68. The Hall–Kier alpha value is -4.71. The molecule has 0 saturated heterocycles. The van der Waals surface area contributed by atoms with Crippen molar-refractivity contribution in [2.24, 2.45) is 5.73 Å². The molecule has 0 saturated carbocycles. The lowest BCUT2D eigenvalue weighted by Gasteiger charge is -2.22. The summed E-state index contributed by atoms with van der Waals surface area (Å²) in [5.41, 5.74) is 7.92. The first kappa shape index (κ1) is 28.9. The molecule has 0 aliphatic rings. The number of amides is 3. The minimum absolute atomic E-state index is 0.0416. The maximum Gasteiger partial charge on any atom is 0.326 e. The van der Waals surface area contributed by atoms with Gasteiger partial charge in [-0.1, -0.05) is 48.5 Å².